The fourth-order valence-electron chi connectivity index (χ4n) is 0.161. The van der Waals surface area contributed by atoms with Gasteiger partial charge in [-0.05, 0) is 6.55 Å². The van der Waals surface area contributed by atoms with Crippen LogP contribution in [0.5, 0.6) is 0 Å². The molecular weight excluding hydrogens is 197 g/mol. The molecule has 8 heteroatoms. The van der Waals surface area contributed by atoms with Gasteiger partial charge in [-0.2, -0.15) is 26.3 Å². The normalized spacial score (nSPS) is 15.3. The average Bonchev–Trinajstić information content (AvgIpc) is 1.58. The summed E-state index contributed by atoms with van der Waals surface area (Å²) in [5.74, 6) is -11.5. The third-order valence-electron chi connectivity index (χ3n) is 1.06. The largest absolute Gasteiger partial charge is 0.475 e. The van der Waals surface area contributed by atoms with Gasteiger partial charge in [0, 0.05) is 0 Å². The van der Waals surface area contributed by atoms with Crippen molar-refractivity contribution in [1.82, 2.24) is 0 Å². The van der Waals surface area contributed by atoms with Crippen LogP contribution in [-0.2, 0) is 0 Å². The summed E-state index contributed by atoms with van der Waals surface area (Å²) in [4.78, 5) is 0. The molecule has 0 aliphatic carbocycles. The van der Waals surface area contributed by atoms with Crippen LogP contribution in [-0.4, -0.2) is 20.0 Å². The lowest BCUT2D eigenvalue weighted by Crippen LogP contribution is -2.56. The van der Waals surface area contributed by atoms with E-state index in [2.05, 4.69) is 0 Å². The molecule has 0 saturated carbocycles. The first-order valence-corrected chi connectivity index (χ1v) is 4.70. The Kier molecular flexibility index (Phi) is 2.30. The second-order valence-corrected chi connectivity index (χ2v) is 5.14. The van der Waals surface area contributed by atoms with Crippen LogP contribution < -0.4 is 0 Å². The van der Waals surface area contributed by atoms with Crippen molar-refractivity contribution in [1.29, 1.82) is 0 Å². The van der Waals surface area contributed by atoms with Crippen LogP contribution in [0.25, 0.3) is 0 Å². The summed E-state index contributed by atoms with van der Waals surface area (Å²) in [6, 6.07) is 0. The Morgan fingerprint density at radius 1 is 0.818 bits per heavy atom. The number of hydrogen-bond donors (Lipinski definition) is 0. The van der Waals surface area contributed by atoms with Gasteiger partial charge in [-0.15, -0.1) is 0 Å². The molecule has 11 heavy (non-hydrogen) atoms. The summed E-state index contributed by atoms with van der Waals surface area (Å²) in [7, 11) is -6.61. The van der Waals surface area contributed by atoms with Gasteiger partial charge in [0.15, 0.2) is 0 Å². The number of halogens is 7. The van der Waals surface area contributed by atoms with E-state index in [4.69, 9.17) is 0 Å². The first-order valence-electron chi connectivity index (χ1n) is 2.32. The SMILES string of the molecule is C[Si](F)(C(F)(F)F)C(F)(F)F. The van der Waals surface area contributed by atoms with Gasteiger partial charge in [0.2, 0.25) is 0 Å². The van der Waals surface area contributed by atoms with E-state index in [1.54, 1.807) is 0 Å². The van der Waals surface area contributed by atoms with Gasteiger partial charge in [-0.3, -0.25) is 4.11 Å². The zero-order valence-corrected chi connectivity index (χ0v) is 6.15. The van der Waals surface area contributed by atoms with Crippen molar-refractivity contribution in [3.63, 3.8) is 0 Å². The summed E-state index contributed by atoms with van der Waals surface area (Å²) in [6.07, 6.45) is 0. The van der Waals surface area contributed by atoms with Crippen LogP contribution in [0.1, 0.15) is 0 Å². The molecule has 0 atom stereocenters. The van der Waals surface area contributed by atoms with Gasteiger partial charge in [-0.1, -0.05) is 0 Å². The predicted octanol–water partition coefficient (Wildman–Crippen LogP) is 2.73. The Labute approximate surface area is 58.2 Å². The molecule has 0 fully saturated rings. The smallest absolute Gasteiger partial charge is 0.292 e. The van der Waals surface area contributed by atoms with Gasteiger partial charge in [0.05, 0.1) is 0 Å². The molecule has 0 spiro atoms. The molecule has 0 aromatic heterocycles. The summed E-state index contributed by atoms with van der Waals surface area (Å²) >= 11 is 0. The van der Waals surface area contributed by atoms with E-state index in [9.17, 15) is 30.5 Å². The highest BCUT2D eigenvalue weighted by Gasteiger charge is 2.73. The Hall–Kier alpha value is -0.273. The van der Waals surface area contributed by atoms with Gasteiger partial charge >= 0.3 is 20.0 Å². The second-order valence-electron chi connectivity index (χ2n) is 2.00. The van der Waals surface area contributed by atoms with Crippen LogP contribution in [0.4, 0.5) is 30.5 Å². The Bertz CT molecular complexity index is 125. The van der Waals surface area contributed by atoms with Crippen molar-refractivity contribution in [2.24, 2.45) is 0 Å². The van der Waals surface area contributed by atoms with Crippen molar-refractivity contribution < 1.29 is 30.5 Å². The Morgan fingerprint density at radius 2 is 1.00 bits per heavy atom. The van der Waals surface area contributed by atoms with Crippen molar-refractivity contribution in [3.8, 4) is 0 Å². The molecular formula is C3H3F7Si. The average molecular weight is 200 g/mol. The molecule has 0 bridgehead atoms. The molecule has 0 rings (SSSR count). The molecule has 0 amide bonds. The zero-order valence-electron chi connectivity index (χ0n) is 5.15. The maximum atomic E-state index is 12.0. The summed E-state index contributed by atoms with van der Waals surface area (Å²) in [6.45, 7) is -0.424. The van der Waals surface area contributed by atoms with Crippen LogP contribution in [0.3, 0.4) is 0 Å². The highest BCUT2D eigenvalue weighted by molar-refractivity contribution is 6.75. The maximum Gasteiger partial charge on any atom is 0.475 e. The van der Waals surface area contributed by atoms with Gasteiger partial charge in [-0.25, -0.2) is 0 Å². The van der Waals surface area contributed by atoms with Crippen LogP contribution in [0.2, 0.25) is 6.55 Å². The minimum Gasteiger partial charge on any atom is -0.292 e. The van der Waals surface area contributed by atoms with Crippen molar-refractivity contribution in [3.05, 3.63) is 0 Å². The van der Waals surface area contributed by atoms with Gasteiger partial charge in [0.1, 0.15) is 0 Å². The lowest BCUT2D eigenvalue weighted by Gasteiger charge is -2.22. The number of rotatable bonds is 0. The summed E-state index contributed by atoms with van der Waals surface area (Å²) in [5, 5.41) is 0. The minimum absolute atomic E-state index is 0.424. The zero-order chi connectivity index (χ0) is 9.50. The molecule has 0 saturated heterocycles. The van der Waals surface area contributed by atoms with Crippen LogP contribution >= 0.6 is 0 Å². The van der Waals surface area contributed by atoms with E-state index in [0.717, 1.165) is 0 Å². The van der Waals surface area contributed by atoms with E-state index in [0.29, 0.717) is 0 Å². The monoisotopic (exact) mass is 200 g/mol. The first-order chi connectivity index (χ1) is 4.50. The predicted molar refractivity (Wildman–Crippen MR) is 24.8 cm³/mol. The standard InChI is InChI=1S/C3H3F7Si/c1-11(10,2(4,5)6)3(7,8)9/h1H3. The lowest BCUT2D eigenvalue weighted by molar-refractivity contribution is -0.123. The number of alkyl halides is 6. The lowest BCUT2D eigenvalue weighted by atomic mass is 11.5. The Balaban J connectivity index is 4.75. The fourth-order valence-corrected chi connectivity index (χ4v) is 0.482. The Morgan fingerprint density at radius 3 is 1.00 bits per heavy atom. The molecule has 68 valence electrons. The molecule has 0 nitrogen and oxygen atoms in total. The van der Waals surface area contributed by atoms with E-state index in [1.807, 2.05) is 0 Å². The first kappa shape index (κ1) is 10.7. The fraction of sp³-hybridized carbons (Fsp3) is 1.00. The minimum atomic E-state index is -6.61. The number of hydrogen-bond acceptors (Lipinski definition) is 0. The molecule has 0 N–H and O–H groups in total. The van der Waals surface area contributed by atoms with E-state index in [-0.39, 0.29) is 0 Å². The van der Waals surface area contributed by atoms with Crippen LogP contribution in [0, 0.1) is 0 Å². The highest BCUT2D eigenvalue weighted by atomic mass is 28.4. The van der Waals surface area contributed by atoms with Crippen molar-refractivity contribution >= 4 is 8.41 Å². The van der Waals surface area contributed by atoms with E-state index < -0.39 is 26.6 Å². The second kappa shape index (κ2) is 2.36. The molecule has 0 aliphatic heterocycles. The molecule has 0 aliphatic rings. The van der Waals surface area contributed by atoms with E-state index in [1.165, 1.54) is 0 Å². The van der Waals surface area contributed by atoms with E-state index >= 15 is 0 Å². The van der Waals surface area contributed by atoms with Crippen LogP contribution in [0.15, 0.2) is 0 Å². The third-order valence-corrected chi connectivity index (χ3v) is 3.19. The molecule has 0 unspecified atom stereocenters. The molecule has 0 aromatic rings. The van der Waals surface area contributed by atoms with Gasteiger partial charge in [0.25, 0.3) is 0 Å². The van der Waals surface area contributed by atoms with Crippen molar-refractivity contribution in [2.45, 2.75) is 18.1 Å². The van der Waals surface area contributed by atoms with Crippen molar-refractivity contribution in [2.75, 3.05) is 0 Å². The summed E-state index contributed by atoms with van der Waals surface area (Å²) < 4.78 is 79.8. The quantitative estimate of drug-likeness (QED) is 0.320. The maximum absolute atomic E-state index is 12.0. The molecule has 0 radical (unpaired) electrons. The molecule has 0 heterocycles. The third kappa shape index (κ3) is 1.85. The molecule has 0 aromatic carbocycles. The highest BCUT2D eigenvalue weighted by Crippen LogP contribution is 2.41. The summed E-state index contributed by atoms with van der Waals surface area (Å²) in [5.41, 5.74) is 0. The van der Waals surface area contributed by atoms with Gasteiger partial charge < -0.3 is 0 Å². The topological polar surface area (TPSA) is 0 Å².